The molecule has 2 aromatic heterocycles. The number of aromatic hydroxyl groups is 1. The van der Waals surface area contributed by atoms with Crippen molar-refractivity contribution in [3.63, 3.8) is 0 Å². The Morgan fingerprint density at radius 2 is 1.89 bits per heavy atom. The molecule has 12 nitrogen and oxygen atoms in total. The standard InChI is InChI=1S/C15H21NO2.C8H6N4O5/c1-9-10-7-8-13(16)12(10)6-5-11(9)14(17)18-15(2,3)4;1-17-8(16)4-2-3(7(14)15)9-5-6(13)10-11-12(4)5/h5-6,13H,7-8,16H2,1-4H3;2,13H,1H3,(H,14,15)/t13-;/m0./s1. The monoisotopic (exact) mass is 485 g/mol. The van der Waals surface area contributed by atoms with Crippen LogP contribution in [0.25, 0.3) is 5.65 Å². The number of carbonyl (C=O) groups excluding carboxylic acids is 2. The minimum Gasteiger partial charge on any atom is -0.489 e. The van der Waals surface area contributed by atoms with Gasteiger partial charge < -0.3 is 25.4 Å². The number of nitrogens with two attached hydrogens (primary N) is 1. The molecule has 12 heteroatoms. The number of ether oxygens (including phenoxy) is 2. The largest absolute Gasteiger partial charge is 0.489 e. The molecular weight excluding hydrogens is 458 g/mol. The smallest absolute Gasteiger partial charge is 0.356 e. The van der Waals surface area contributed by atoms with Gasteiger partial charge in [0.05, 0.1) is 12.7 Å². The second-order valence-electron chi connectivity index (χ2n) is 8.92. The van der Waals surface area contributed by atoms with Crippen LogP contribution < -0.4 is 5.73 Å². The Labute approximate surface area is 200 Å². The first-order chi connectivity index (χ1) is 16.3. The number of nitrogens with zero attached hydrogens (tertiary/aromatic N) is 4. The molecule has 35 heavy (non-hydrogen) atoms. The fourth-order valence-corrected chi connectivity index (χ4v) is 3.69. The molecule has 186 valence electrons. The summed E-state index contributed by atoms with van der Waals surface area (Å²) in [4.78, 5) is 37.9. The number of methoxy groups -OCH3 is 1. The molecule has 4 N–H and O–H groups in total. The van der Waals surface area contributed by atoms with Crippen LogP contribution >= 0.6 is 0 Å². The van der Waals surface area contributed by atoms with Gasteiger partial charge in [0.1, 0.15) is 5.60 Å². The highest BCUT2D eigenvalue weighted by atomic mass is 16.6. The predicted molar refractivity (Wildman–Crippen MR) is 122 cm³/mol. The van der Waals surface area contributed by atoms with E-state index in [1.54, 1.807) is 0 Å². The van der Waals surface area contributed by atoms with Gasteiger partial charge in [0.15, 0.2) is 11.4 Å². The predicted octanol–water partition coefficient (Wildman–Crippen LogP) is 2.21. The molecule has 0 saturated carbocycles. The molecule has 0 radical (unpaired) electrons. The Hall–Kier alpha value is -4.06. The number of esters is 2. The SMILES string of the molecule is COC(=O)c1cc(C(=O)O)nc2c(O)nnn12.Cc1c(C(=O)OC(C)(C)C)ccc2c1CC[C@@H]2N. The maximum atomic E-state index is 12.1. The lowest BCUT2D eigenvalue weighted by molar-refractivity contribution is 0.00681. The third-order valence-corrected chi connectivity index (χ3v) is 5.33. The highest BCUT2D eigenvalue weighted by Gasteiger charge is 2.26. The van der Waals surface area contributed by atoms with Gasteiger partial charge in [-0.15, -0.1) is 0 Å². The van der Waals surface area contributed by atoms with E-state index >= 15 is 0 Å². The highest BCUT2D eigenvalue weighted by Crippen LogP contribution is 2.33. The normalized spacial score (nSPS) is 14.6. The molecule has 0 unspecified atom stereocenters. The summed E-state index contributed by atoms with van der Waals surface area (Å²) in [7, 11) is 1.13. The molecule has 0 saturated heterocycles. The molecule has 0 fully saturated rings. The molecule has 0 amide bonds. The second-order valence-corrected chi connectivity index (χ2v) is 8.92. The van der Waals surface area contributed by atoms with Crippen molar-refractivity contribution in [1.82, 2.24) is 19.8 Å². The van der Waals surface area contributed by atoms with Crippen molar-refractivity contribution in [2.75, 3.05) is 7.11 Å². The topological polar surface area (TPSA) is 179 Å². The van der Waals surface area contributed by atoms with E-state index in [0.29, 0.717) is 5.56 Å². The second kappa shape index (κ2) is 9.66. The lowest BCUT2D eigenvalue weighted by Gasteiger charge is -2.21. The van der Waals surface area contributed by atoms with Crippen molar-refractivity contribution >= 4 is 23.6 Å². The Kier molecular flexibility index (Phi) is 7.06. The van der Waals surface area contributed by atoms with Gasteiger partial charge in [0.25, 0.3) is 5.88 Å². The average molecular weight is 485 g/mol. The maximum absolute atomic E-state index is 12.1. The molecular formula is C23H27N5O7. The van der Waals surface area contributed by atoms with Crippen molar-refractivity contribution in [3.05, 3.63) is 51.8 Å². The molecule has 0 bridgehead atoms. The number of carbonyl (C=O) groups is 3. The third kappa shape index (κ3) is 5.38. The van der Waals surface area contributed by atoms with Crippen molar-refractivity contribution in [3.8, 4) is 5.88 Å². The van der Waals surface area contributed by atoms with Gasteiger partial charge in [0, 0.05) is 12.1 Å². The summed E-state index contributed by atoms with van der Waals surface area (Å²) >= 11 is 0. The zero-order chi connectivity index (χ0) is 26.1. The van der Waals surface area contributed by atoms with E-state index in [1.807, 2.05) is 39.8 Å². The third-order valence-electron chi connectivity index (χ3n) is 5.33. The van der Waals surface area contributed by atoms with Crippen LogP contribution in [0.4, 0.5) is 0 Å². The van der Waals surface area contributed by atoms with Crippen LogP contribution in [0, 0.1) is 6.92 Å². The van der Waals surface area contributed by atoms with E-state index in [0.717, 1.165) is 36.1 Å². The van der Waals surface area contributed by atoms with Crippen LogP contribution in [0.5, 0.6) is 5.88 Å². The minimum atomic E-state index is -1.35. The van der Waals surface area contributed by atoms with Gasteiger partial charge in [-0.3, -0.25) is 0 Å². The first-order valence-corrected chi connectivity index (χ1v) is 10.7. The van der Waals surface area contributed by atoms with E-state index in [9.17, 15) is 19.5 Å². The van der Waals surface area contributed by atoms with Crippen molar-refractivity contribution in [2.24, 2.45) is 5.73 Å². The van der Waals surface area contributed by atoms with Crippen molar-refractivity contribution in [1.29, 1.82) is 0 Å². The van der Waals surface area contributed by atoms with E-state index in [4.69, 9.17) is 15.6 Å². The number of hydrogen-bond acceptors (Lipinski definition) is 10. The average Bonchev–Trinajstić information content (AvgIpc) is 3.35. The molecule has 1 aromatic carbocycles. The zero-order valence-electron chi connectivity index (χ0n) is 20.0. The Balaban J connectivity index is 0.000000196. The molecule has 4 rings (SSSR count). The zero-order valence-corrected chi connectivity index (χ0v) is 20.0. The number of benzene rings is 1. The number of rotatable bonds is 3. The summed E-state index contributed by atoms with van der Waals surface area (Å²) in [6.07, 6.45) is 1.92. The number of hydrogen-bond donors (Lipinski definition) is 3. The molecule has 0 spiro atoms. The first-order valence-electron chi connectivity index (χ1n) is 10.7. The fourth-order valence-electron chi connectivity index (χ4n) is 3.69. The molecule has 1 aliphatic carbocycles. The van der Waals surface area contributed by atoms with Gasteiger partial charge in [-0.2, -0.15) is 4.52 Å². The van der Waals surface area contributed by atoms with E-state index < -0.39 is 29.1 Å². The van der Waals surface area contributed by atoms with E-state index in [-0.39, 0.29) is 23.4 Å². The van der Waals surface area contributed by atoms with Crippen LogP contribution in [-0.4, -0.2) is 60.6 Å². The quantitative estimate of drug-likeness (QED) is 0.463. The fraction of sp³-hybridized carbons (Fsp3) is 0.391. The Morgan fingerprint density at radius 3 is 2.49 bits per heavy atom. The molecule has 3 aromatic rings. The minimum absolute atomic E-state index is 0.117. The summed E-state index contributed by atoms with van der Waals surface area (Å²) in [6, 6.07) is 4.91. The number of aromatic nitrogens is 4. The Bertz CT molecular complexity index is 1310. The van der Waals surface area contributed by atoms with Crippen molar-refractivity contribution < 1.29 is 34.1 Å². The molecule has 2 heterocycles. The van der Waals surface area contributed by atoms with Gasteiger partial charge in [-0.05, 0) is 63.3 Å². The van der Waals surface area contributed by atoms with Crippen LogP contribution in [0.1, 0.15) is 81.3 Å². The van der Waals surface area contributed by atoms with Gasteiger partial charge in [-0.1, -0.05) is 16.4 Å². The van der Waals surface area contributed by atoms with Gasteiger partial charge >= 0.3 is 17.9 Å². The lowest BCUT2D eigenvalue weighted by Crippen LogP contribution is -2.24. The summed E-state index contributed by atoms with van der Waals surface area (Å²) in [5, 5.41) is 24.8. The number of fused-ring (bicyclic) bond motifs is 2. The number of aromatic carboxylic acids is 1. The molecule has 0 aliphatic heterocycles. The Morgan fingerprint density at radius 1 is 1.20 bits per heavy atom. The van der Waals surface area contributed by atoms with Crippen LogP contribution in [-0.2, 0) is 15.9 Å². The van der Waals surface area contributed by atoms with Crippen LogP contribution in [0.15, 0.2) is 18.2 Å². The van der Waals surface area contributed by atoms with Crippen molar-refractivity contribution in [2.45, 2.75) is 52.2 Å². The maximum Gasteiger partial charge on any atom is 0.356 e. The summed E-state index contributed by atoms with van der Waals surface area (Å²) < 4.78 is 10.8. The number of carboxylic acids is 1. The highest BCUT2D eigenvalue weighted by molar-refractivity contribution is 5.93. The molecule has 1 atom stereocenters. The summed E-state index contributed by atoms with van der Waals surface area (Å²) in [6.45, 7) is 7.62. The molecule has 1 aliphatic rings. The van der Waals surface area contributed by atoms with Gasteiger partial charge in [0.2, 0.25) is 5.65 Å². The van der Waals surface area contributed by atoms with Crippen LogP contribution in [0.2, 0.25) is 0 Å². The lowest BCUT2D eigenvalue weighted by atomic mass is 9.98. The van der Waals surface area contributed by atoms with Crippen LogP contribution in [0.3, 0.4) is 0 Å². The number of carboxylic acid groups (broad SMARTS) is 1. The van der Waals surface area contributed by atoms with Gasteiger partial charge in [-0.25, -0.2) is 19.4 Å². The van der Waals surface area contributed by atoms with E-state index in [1.165, 1.54) is 11.1 Å². The van der Waals surface area contributed by atoms with E-state index in [2.05, 4.69) is 20.0 Å². The first kappa shape index (κ1) is 25.6. The summed E-state index contributed by atoms with van der Waals surface area (Å²) in [5.74, 6) is -2.98. The summed E-state index contributed by atoms with van der Waals surface area (Å²) in [5.41, 5.74) is 8.82.